The van der Waals surface area contributed by atoms with Crippen LogP contribution in [-0.4, -0.2) is 29.9 Å². The molecule has 1 aliphatic rings. The van der Waals surface area contributed by atoms with Crippen LogP contribution in [0.5, 0.6) is 0 Å². The van der Waals surface area contributed by atoms with Crippen LogP contribution in [0, 0.1) is 0 Å². The predicted octanol–water partition coefficient (Wildman–Crippen LogP) is 4.16. The van der Waals surface area contributed by atoms with Gasteiger partial charge in [-0.1, -0.05) is 28.1 Å². The number of piperidine rings is 1. The first-order chi connectivity index (χ1) is 10.1. The number of nitrogens with zero attached hydrogens (tertiary/aromatic N) is 1. The normalized spacial score (nSPS) is 15.5. The molecule has 0 atom stereocenters. The van der Waals surface area contributed by atoms with Gasteiger partial charge in [-0.05, 0) is 42.7 Å². The zero-order valence-electron chi connectivity index (χ0n) is 12.0. The van der Waals surface area contributed by atoms with Gasteiger partial charge in [0.1, 0.15) is 0 Å². The summed E-state index contributed by atoms with van der Waals surface area (Å²) in [5.41, 5.74) is 7.03. The molecule has 0 saturated carbocycles. The number of hydrogen-bond acceptors (Lipinski definition) is 3. The van der Waals surface area contributed by atoms with E-state index in [1.165, 1.54) is 0 Å². The Kier molecular flexibility index (Phi) is 6.03. The van der Waals surface area contributed by atoms with Crippen LogP contribution < -0.4 is 5.73 Å². The maximum atomic E-state index is 12.5. The highest BCUT2D eigenvalue weighted by atomic mass is 79.9. The zero-order chi connectivity index (χ0) is 14.8. The smallest absolute Gasteiger partial charge is 0.263 e. The van der Waals surface area contributed by atoms with Crippen molar-refractivity contribution in [2.75, 3.05) is 13.1 Å². The highest BCUT2D eigenvalue weighted by molar-refractivity contribution is 9.10. The molecule has 0 bridgehead atoms. The Morgan fingerprint density at radius 2 is 1.77 bits per heavy atom. The Hall–Kier alpha value is -0.880. The van der Waals surface area contributed by atoms with E-state index < -0.39 is 0 Å². The minimum Gasteiger partial charge on any atom is -0.338 e. The number of hydrogen-bond donors (Lipinski definition) is 1. The van der Waals surface area contributed by atoms with Gasteiger partial charge >= 0.3 is 0 Å². The molecule has 0 aliphatic carbocycles. The molecule has 2 heterocycles. The number of likely N-dealkylation sites (tertiary alicyclic amines) is 1. The summed E-state index contributed by atoms with van der Waals surface area (Å²) in [6.45, 7) is 1.54. The van der Waals surface area contributed by atoms with E-state index in [2.05, 4.69) is 28.1 Å². The van der Waals surface area contributed by atoms with Gasteiger partial charge in [0, 0.05) is 28.5 Å². The number of carbonyl (C=O) groups excluding carboxylic acids is 1. The quantitative estimate of drug-likeness (QED) is 0.821. The summed E-state index contributed by atoms with van der Waals surface area (Å²) in [6.07, 6.45) is 1.80. The van der Waals surface area contributed by atoms with Crippen LogP contribution in [0.25, 0.3) is 10.4 Å². The van der Waals surface area contributed by atoms with E-state index in [4.69, 9.17) is 5.73 Å². The van der Waals surface area contributed by atoms with E-state index in [1.807, 2.05) is 29.2 Å². The summed E-state index contributed by atoms with van der Waals surface area (Å²) >= 11 is 4.99. The molecule has 22 heavy (non-hydrogen) atoms. The van der Waals surface area contributed by atoms with E-state index in [0.29, 0.717) is 0 Å². The molecule has 1 aromatic carbocycles. The number of carbonyl (C=O) groups is 1. The van der Waals surface area contributed by atoms with E-state index in [1.54, 1.807) is 11.3 Å². The minimum atomic E-state index is 0. The first kappa shape index (κ1) is 17.5. The van der Waals surface area contributed by atoms with Crippen molar-refractivity contribution < 1.29 is 4.79 Å². The minimum absolute atomic E-state index is 0. The molecule has 1 aromatic heterocycles. The van der Waals surface area contributed by atoms with Gasteiger partial charge in [0.05, 0.1) is 4.88 Å². The summed E-state index contributed by atoms with van der Waals surface area (Å²) < 4.78 is 1.06. The van der Waals surface area contributed by atoms with Gasteiger partial charge in [-0.3, -0.25) is 4.79 Å². The maximum absolute atomic E-state index is 12.5. The molecule has 1 amide bonds. The van der Waals surface area contributed by atoms with Gasteiger partial charge in [0.15, 0.2) is 0 Å². The van der Waals surface area contributed by atoms with Crippen molar-refractivity contribution in [2.45, 2.75) is 18.9 Å². The molecule has 6 heteroatoms. The Morgan fingerprint density at radius 1 is 1.14 bits per heavy atom. The van der Waals surface area contributed by atoms with E-state index in [0.717, 1.165) is 45.7 Å². The largest absolute Gasteiger partial charge is 0.338 e. The van der Waals surface area contributed by atoms with Crippen LogP contribution >= 0.6 is 39.7 Å². The second-order valence-corrected chi connectivity index (χ2v) is 7.30. The molecule has 1 aliphatic heterocycles. The molecule has 3 rings (SSSR count). The summed E-state index contributed by atoms with van der Waals surface area (Å²) in [4.78, 5) is 16.3. The lowest BCUT2D eigenvalue weighted by atomic mass is 10.1. The molecular weight excluding hydrogens is 384 g/mol. The number of rotatable bonds is 2. The molecule has 118 valence electrons. The summed E-state index contributed by atoms with van der Waals surface area (Å²) in [5, 5.41) is 0. The molecule has 2 N–H and O–H groups in total. The second-order valence-electron chi connectivity index (χ2n) is 5.30. The van der Waals surface area contributed by atoms with Crippen LogP contribution in [-0.2, 0) is 0 Å². The highest BCUT2D eigenvalue weighted by Crippen LogP contribution is 2.30. The average molecular weight is 402 g/mol. The van der Waals surface area contributed by atoms with Gasteiger partial charge in [-0.15, -0.1) is 23.7 Å². The number of amides is 1. The molecule has 1 saturated heterocycles. The van der Waals surface area contributed by atoms with Crippen LogP contribution in [0.1, 0.15) is 22.5 Å². The van der Waals surface area contributed by atoms with Gasteiger partial charge < -0.3 is 10.6 Å². The maximum Gasteiger partial charge on any atom is 0.263 e. The first-order valence-corrected chi connectivity index (χ1v) is 8.65. The summed E-state index contributed by atoms with van der Waals surface area (Å²) in [6, 6.07) is 12.4. The predicted molar refractivity (Wildman–Crippen MR) is 97.8 cm³/mol. The summed E-state index contributed by atoms with van der Waals surface area (Å²) in [5.74, 6) is 0.135. The van der Waals surface area contributed by atoms with Gasteiger partial charge in [-0.2, -0.15) is 0 Å². The molecular formula is C16H18BrClN2OS. The number of thiophene rings is 1. The van der Waals surface area contributed by atoms with Gasteiger partial charge in [-0.25, -0.2) is 0 Å². The number of nitrogens with two attached hydrogens (primary N) is 1. The van der Waals surface area contributed by atoms with Crippen LogP contribution in [0.15, 0.2) is 40.9 Å². The lowest BCUT2D eigenvalue weighted by Gasteiger charge is -2.29. The third-order valence-corrected chi connectivity index (χ3v) is 5.42. The molecule has 0 radical (unpaired) electrons. The van der Waals surface area contributed by atoms with Gasteiger partial charge in [0.2, 0.25) is 0 Å². The lowest BCUT2D eigenvalue weighted by molar-refractivity contribution is 0.0719. The van der Waals surface area contributed by atoms with Gasteiger partial charge in [0.25, 0.3) is 5.91 Å². The van der Waals surface area contributed by atoms with Crippen LogP contribution in [0.4, 0.5) is 0 Å². The van der Waals surface area contributed by atoms with Crippen molar-refractivity contribution >= 4 is 45.6 Å². The highest BCUT2D eigenvalue weighted by Gasteiger charge is 2.22. The number of benzene rings is 1. The van der Waals surface area contributed by atoms with Crippen molar-refractivity contribution in [1.82, 2.24) is 4.90 Å². The Morgan fingerprint density at radius 3 is 2.41 bits per heavy atom. The first-order valence-electron chi connectivity index (χ1n) is 7.04. The third kappa shape index (κ3) is 3.90. The Bertz CT molecular complexity index is 636. The SMILES string of the molecule is Cl.NC1CCN(C(=O)c2ccc(-c3ccc(Br)cc3)s2)CC1. The van der Waals surface area contributed by atoms with Crippen LogP contribution in [0.2, 0.25) is 0 Å². The van der Waals surface area contributed by atoms with Crippen LogP contribution in [0.3, 0.4) is 0 Å². The van der Waals surface area contributed by atoms with E-state index in [-0.39, 0.29) is 24.4 Å². The topological polar surface area (TPSA) is 46.3 Å². The second kappa shape index (κ2) is 7.59. The number of halogens is 2. The molecule has 3 nitrogen and oxygen atoms in total. The van der Waals surface area contributed by atoms with Crippen molar-refractivity contribution in [3.63, 3.8) is 0 Å². The molecule has 0 spiro atoms. The lowest BCUT2D eigenvalue weighted by Crippen LogP contribution is -2.42. The van der Waals surface area contributed by atoms with Crippen molar-refractivity contribution in [1.29, 1.82) is 0 Å². The Balaban J connectivity index is 0.00000176. The fourth-order valence-electron chi connectivity index (χ4n) is 2.48. The fourth-order valence-corrected chi connectivity index (χ4v) is 3.72. The van der Waals surface area contributed by atoms with Crippen molar-refractivity contribution in [3.8, 4) is 10.4 Å². The summed E-state index contributed by atoms with van der Waals surface area (Å²) in [7, 11) is 0. The molecule has 2 aromatic rings. The van der Waals surface area contributed by atoms with E-state index in [9.17, 15) is 4.79 Å². The van der Waals surface area contributed by atoms with Crippen molar-refractivity contribution in [3.05, 3.63) is 45.7 Å². The fraction of sp³-hybridized carbons (Fsp3) is 0.312. The molecule has 0 unspecified atom stereocenters. The average Bonchev–Trinajstić information content (AvgIpc) is 2.98. The standard InChI is InChI=1S/C16H17BrN2OS.ClH/c17-12-3-1-11(2-4-12)14-5-6-15(21-14)16(20)19-9-7-13(18)8-10-19;/h1-6,13H,7-10,18H2;1H. The monoisotopic (exact) mass is 400 g/mol. The van der Waals surface area contributed by atoms with Crippen molar-refractivity contribution in [2.24, 2.45) is 5.73 Å². The Labute approximate surface area is 149 Å². The van der Waals surface area contributed by atoms with E-state index >= 15 is 0 Å². The third-order valence-electron chi connectivity index (χ3n) is 3.77. The zero-order valence-corrected chi connectivity index (χ0v) is 15.2. The molecule has 1 fully saturated rings.